The summed E-state index contributed by atoms with van der Waals surface area (Å²) in [6.07, 6.45) is 4.47. The predicted octanol–water partition coefficient (Wildman–Crippen LogP) is 3.49. The number of hydrogen-bond donors (Lipinski definition) is 0. The van der Waals surface area contributed by atoms with Gasteiger partial charge in [0.15, 0.2) is 0 Å². The molecule has 0 spiro atoms. The van der Waals surface area contributed by atoms with Gasteiger partial charge in [-0.25, -0.2) is 0 Å². The zero-order chi connectivity index (χ0) is 11.0. The van der Waals surface area contributed by atoms with Crippen LogP contribution in [0.3, 0.4) is 0 Å². The second kappa shape index (κ2) is 7.77. The van der Waals surface area contributed by atoms with Crippen molar-refractivity contribution in [3.05, 3.63) is 0 Å². The molecule has 0 saturated heterocycles. The lowest BCUT2D eigenvalue weighted by molar-refractivity contribution is 0.130. The van der Waals surface area contributed by atoms with Crippen molar-refractivity contribution in [2.45, 2.75) is 45.6 Å². The van der Waals surface area contributed by atoms with Crippen LogP contribution in [0.15, 0.2) is 0 Å². The van der Waals surface area contributed by atoms with Crippen molar-refractivity contribution in [3.63, 3.8) is 0 Å². The highest BCUT2D eigenvalue weighted by atomic mass is 32.5. The summed E-state index contributed by atoms with van der Waals surface area (Å²) in [5, 5.41) is 0. The minimum absolute atomic E-state index is 0.167. The van der Waals surface area contributed by atoms with Gasteiger partial charge in [0.1, 0.15) is 0 Å². The highest BCUT2D eigenvalue weighted by molar-refractivity contribution is 8.07. The summed E-state index contributed by atoms with van der Waals surface area (Å²) in [4.78, 5) is 0. The van der Waals surface area contributed by atoms with Crippen LogP contribution in [0.2, 0.25) is 0 Å². The van der Waals surface area contributed by atoms with Gasteiger partial charge in [-0.15, -0.1) is 0 Å². The Hall–Kier alpha value is 0.530. The maximum Gasteiger partial charge on any atom is 0.326 e. The Bertz CT molecular complexity index is 179. The van der Waals surface area contributed by atoms with Gasteiger partial charge < -0.3 is 13.6 Å². The fourth-order valence-corrected chi connectivity index (χ4v) is 2.41. The number of unbranched alkanes of at least 4 members (excludes halogenated alkanes) is 1. The quantitative estimate of drug-likeness (QED) is 0.607. The highest BCUT2D eigenvalue weighted by Crippen LogP contribution is 2.50. The average Bonchev–Trinajstić information content (AvgIpc) is 2.23. The Morgan fingerprint density at radius 3 is 2.14 bits per heavy atom. The molecule has 14 heavy (non-hydrogen) atoms. The van der Waals surface area contributed by atoms with Gasteiger partial charge in [0.2, 0.25) is 0 Å². The molecule has 0 radical (unpaired) electrons. The fraction of sp³-hybridized carbons (Fsp3) is 1.00. The van der Waals surface area contributed by atoms with Crippen molar-refractivity contribution >= 4 is 18.5 Å². The molecule has 1 unspecified atom stereocenters. The lowest BCUT2D eigenvalue weighted by atomic mass is 10.1. The molecule has 0 saturated carbocycles. The molecule has 1 atom stereocenters. The Kier molecular flexibility index (Phi) is 8.07. The zero-order valence-electron chi connectivity index (χ0n) is 9.49. The molecule has 0 aromatic carbocycles. The van der Waals surface area contributed by atoms with Gasteiger partial charge in [-0.2, -0.15) is 0 Å². The molecule has 0 aliphatic carbocycles. The van der Waals surface area contributed by atoms with Crippen LogP contribution in [-0.2, 0) is 25.4 Å². The Morgan fingerprint density at radius 1 is 1.21 bits per heavy atom. The molecular formula is C9H21O3PS. The molecule has 0 aliphatic rings. The van der Waals surface area contributed by atoms with Crippen LogP contribution >= 0.6 is 6.72 Å². The van der Waals surface area contributed by atoms with Crippen LogP contribution in [0.5, 0.6) is 0 Å². The molecule has 0 aromatic heterocycles. The van der Waals surface area contributed by atoms with E-state index in [4.69, 9.17) is 25.4 Å². The fourth-order valence-electron chi connectivity index (χ4n) is 1.11. The molecule has 3 nitrogen and oxygen atoms in total. The highest BCUT2D eigenvalue weighted by Gasteiger charge is 2.21. The SMILES string of the molecule is CCCCC(CC)OP(=S)(OC)OC. The molecule has 0 aromatic rings. The maximum atomic E-state index is 5.67. The Labute approximate surface area is 92.4 Å². The normalized spacial score (nSPS) is 14.3. The summed E-state index contributed by atoms with van der Waals surface area (Å²) in [7, 11) is 3.08. The van der Waals surface area contributed by atoms with Crippen molar-refractivity contribution in [3.8, 4) is 0 Å². The van der Waals surface area contributed by atoms with Crippen LogP contribution < -0.4 is 0 Å². The van der Waals surface area contributed by atoms with Crippen molar-refractivity contribution in [2.24, 2.45) is 0 Å². The van der Waals surface area contributed by atoms with Crippen molar-refractivity contribution in [1.82, 2.24) is 0 Å². The van der Waals surface area contributed by atoms with Gasteiger partial charge in [-0.1, -0.05) is 26.7 Å². The lowest BCUT2D eigenvalue weighted by Gasteiger charge is -2.23. The molecular weight excluding hydrogens is 219 g/mol. The van der Waals surface area contributed by atoms with Gasteiger partial charge in [-0.3, -0.25) is 0 Å². The van der Waals surface area contributed by atoms with E-state index < -0.39 is 6.72 Å². The third-order valence-corrected chi connectivity index (χ3v) is 4.66. The zero-order valence-corrected chi connectivity index (χ0v) is 11.2. The Balaban J connectivity index is 4.08. The topological polar surface area (TPSA) is 27.7 Å². The van der Waals surface area contributed by atoms with E-state index in [1.807, 2.05) is 0 Å². The summed E-state index contributed by atoms with van der Waals surface area (Å²) in [6.45, 7) is 1.79. The molecule has 0 heterocycles. The smallest absolute Gasteiger partial charge is 0.312 e. The van der Waals surface area contributed by atoms with E-state index in [1.54, 1.807) is 0 Å². The minimum atomic E-state index is -2.46. The summed E-state index contributed by atoms with van der Waals surface area (Å²) >= 11 is 5.14. The summed E-state index contributed by atoms with van der Waals surface area (Å²) in [6, 6.07) is 0. The molecule has 0 amide bonds. The van der Waals surface area contributed by atoms with Gasteiger partial charge in [0, 0.05) is 14.2 Å². The average molecular weight is 240 g/mol. The first kappa shape index (κ1) is 14.5. The van der Waals surface area contributed by atoms with Crippen LogP contribution in [0.25, 0.3) is 0 Å². The van der Waals surface area contributed by atoms with E-state index in [9.17, 15) is 0 Å². The molecule has 0 fully saturated rings. The lowest BCUT2D eigenvalue weighted by Crippen LogP contribution is -2.11. The van der Waals surface area contributed by atoms with Crippen molar-refractivity contribution < 1.29 is 13.6 Å². The molecule has 0 bridgehead atoms. The Morgan fingerprint density at radius 2 is 1.79 bits per heavy atom. The first-order chi connectivity index (χ1) is 6.61. The van der Waals surface area contributed by atoms with Crippen molar-refractivity contribution in [2.75, 3.05) is 14.2 Å². The first-order valence-electron chi connectivity index (χ1n) is 5.01. The number of hydrogen-bond acceptors (Lipinski definition) is 4. The summed E-state index contributed by atoms with van der Waals surface area (Å²) in [5.74, 6) is 0. The maximum absolute atomic E-state index is 5.67. The molecule has 0 rings (SSSR count). The van der Waals surface area contributed by atoms with Crippen LogP contribution in [0, 0.1) is 0 Å². The van der Waals surface area contributed by atoms with E-state index in [0.717, 1.165) is 19.3 Å². The molecule has 0 N–H and O–H groups in total. The van der Waals surface area contributed by atoms with E-state index >= 15 is 0 Å². The molecule has 86 valence electrons. The predicted molar refractivity (Wildman–Crippen MR) is 63.0 cm³/mol. The van der Waals surface area contributed by atoms with Gasteiger partial charge in [0.05, 0.1) is 6.10 Å². The third-order valence-electron chi connectivity index (χ3n) is 2.06. The second-order valence-corrected chi connectivity index (χ2v) is 6.27. The van der Waals surface area contributed by atoms with Crippen LogP contribution in [-0.4, -0.2) is 20.3 Å². The molecule has 0 aliphatic heterocycles. The van der Waals surface area contributed by atoms with E-state index in [-0.39, 0.29) is 6.10 Å². The van der Waals surface area contributed by atoms with Gasteiger partial charge in [0.25, 0.3) is 0 Å². The van der Waals surface area contributed by atoms with E-state index in [0.29, 0.717) is 0 Å². The first-order valence-corrected chi connectivity index (χ1v) is 7.57. The molecule has 5 heteroatoms. The third kappa shape index (κ3) is 5.42. The van der Waals surface area contributed by atoms with E-state index in [1.165, 1.54) is 20.6 Å². The van der Waals surface area contributed by atoms with Crippen molar-refractivity contribution in [1.29, 1.82) is 0 Å². The minimum Gasteiger partial charge on any atom is -0.312 e. The van der Waals surface area contributed by atoms with Gasteiger partial charge >= 0.3 is 6.72 Å². The van der Waals surface area contributed by atoms with E-state index in [2.05, 4.69) is 13.8 Å². The standard InChI is InChI=1S/C9H21O3PS/c1-5-7-8-9(6-2)12-13(14,10-3)11-4/h9H,5-8H2,1-4H3. The number of rotatable bonds is 8. The van der Waals surface area contributed by atoms with Crippen LogP contribution in [0.4, 0.5) is 0 Å². The monoisotopic (exact) mass is 240 g/mol. The summed E-state index contributed by atoms with van der Waals surface area (Å²) in [5.41, 5.74) is 0. The largest absolute Gasteiger partial charge is 0.326 e. The second-order valence-electron chi connectivity index (χ2n) is 3.09. The summed E-state index contributed by atoms with van der Waals surface area (Å²) < 4.78 is 15.8. The van der Waals surface area contributed by atoms with Gasteiger partial charge in [-0.05, 0) is 24.6 Å². The van der Waals surface area contributed by atoms with Crippen LogP contribution in [0.1, 0.15) is 39.5 Å².